The second kappa shape index (κ2) is 6.25. The third-order valence-electron chi connectivity index (χ3n) is 3.46. The zero-order valence-electron chi connectivity index (χ0n) is 10.7. The fourth-order valence-corrected chi connectivity index (χ4v) is 2.45. The molecule has 1 atom stereocenters. The molecule has 18 heavy (non-hydrogen) atoms. The molecule has 1 aliphatic rings. The van der Waals surface area contributed by atoms with Crippen molar-refractivity contribution in [3.8, 4) is 0 Å². The third-order valence-corrected chi connectivity index (χ3v) is 3.46. The van der Waals surface area contributed by atoms with E-state index in [1.54, 1.807) is 0 Å². The van der Waals surface area contributed by atoms with Gasteiger partial charge in [0, 0.05) is 38.6 Å². The molecule has 1 aliphatic heterocycles. The van der Waals surface area contributed by atoms with Crippen LogP contribution in [0.2, 0.25) is 0 Å². The van der Waals surface area contributed by atoms with Gasteiger partial charge in [-0.2, -0.15) is 0 Å². The van der Waals surface area contributed by atoms with Crippen LogP contribution in [0.25, 0.3) is 0 Å². The Kier molecular flexibility index (Phi) is 4.66. The fraction of sp³-hybridized carbons (Fsp3) is 0.571. The maximum absolute atomic E-state index is 12.8. The number of benzene rings is 1. The van der Waals surface area contributed by atoms with Crippen molar-refractivity contribution in [3.05, 3.63) is 35.4 Å². The predicted molar refractivity (Wildman–Crippen MR) is 69.0 cm³/mol. The second-order valence-electron chi connectivity index (χ2n) is 4.84. The molecule has 0 aliphatic carbocycles. The molecule has 1 saturated heterocycles. The number of alkyl halides is 2. The van der Waals surface area contributed by atoms with Crippen LogP contribution in [0.1, 0.15) is 23.6 Å². The number of hydrogen-bond acceptors (Lipinski definition) is 2. The first-order chi connectivity index (χ1) is 8.66. The van der Waals surface area contributed by atoms with Crippen LogP contribution in [-0.2, 0) is 0 Å². The SMILES string of the molecule is Cc1ccc([C@@H](CC(F)F)N2CCNCC2)cc1. The van der Waals surface area contributed by atoms with Gasteiger partial charge in [0.15, 0.2) is 0 Å². The Morgan fingerprint density at radius 1 is 1.17 bits per heavy atom. The smallest absolute Gasteiger partial charge is 0.240 e. The van der Waals surface area contributed by atoms with Crippen molar-refractivity contribution >= 4 is 0 Å². The monoisotopic (exact) mass is 254 g/mol. The van der Waals surface area contributed by atoms with Gasteiger partial charge in [0.25, 0.3) is 0 Å². The number of halogens is 2. The number of nitrogens with one attached hydrogen (secondary N) is 1. The Hall–Kier alpha value is -1.00. The van der Waals surface area contributed by atoms with Crippen LogP contribution in [0.15, 0.2) is 24.3 Å². The molecule has 0 saturated carbocycles. The summed E-state index contributed by atoms with van der Waals surface area (Å²) in [5.74, 6) is 0. The molecule has 2 nitrogen and oxygen atoms in total. The maximum atomic E-state index is 12.8. The first-order valence-corrected chi connectivity index (χ1v) is 6.46. The number of rotatable bonds is 4. The lowest BCUT2D eigenvalue weighted by Gasteiger charge is -2.35. The van der Waals surface area contributed by atoms with E-state index < -0.39 is 6.43 Å². The van der Waals surface area contributed by atoms with Gasteiger partial charge >= 0.3 is 0 Å². The molecule has 0 unspecified atom stereocenters. The molecule has 4 heteroatoms. The van der Waals surface area contributed by atoms with Crippen molar-refractivity contribution in [2.75, 3.05) is 26.2 Å². The summed E-state index contributed by atoms with van der Waals surface area (Å²) in [7, 11) is 0. The van der Waals surface area contributed by atoms with E-state index in [0.29, 0.717) is 0 Å². The molecular formula is C14H20F2N2. The minimum atomic E-state index is -2.26. The zero-order chi connectivity index (χ0) is 13.0. The van der Waals surface area contributed by atoms with Gasteiger partial charge in [0.2, 0.25) is 6.43 Å². The Morgan fingerprint density at radius 3 is 2.33 bits per heavy atom. The average molecular weight is 254 g/mol. The number of piperazine rings is 1. The van der Waals surface area contributed by atoms with Gasteiger partial charge in [-0.05, 0) is 12.5 Å². The third kappa shape index (κ3) is 3.50. The molecule has 0 aromatic heterocycles. The summed E-state index contributed by atoms with van der Waals surface area (Å²) in [6.07, 6.45) is -2.34. The fourth-order valence-electron chi connectivity index (χ4n) is 2.45. The van der Waals surface area contributed by atoms with Crippen molar-refractivity contribution < 1.29 is 8.78 Å². The first kappa shape index (κ1) is 13.4. The Balaban J connectivity index is 2.15. The molecule has 1 aromatic rings. The summed E-state index contributed by atoms with van der Waals surface area (Å²) in [5.41, 5.74) is 2.16. The van der Waals surface area contributed by atoms with E-state index in [1.807, 2.05) is 31.2 Å². The highest BCUT2D eigenvalue weighted by Gasteiger charge is 2.25. The molecular weight excluding hydrogens is 234 g/mol. The van der Waals surface area contributed by atoms with E-state index in [1.165, 1.54) is 0 Å². The van der Waals surface area contributed by atoms with Gasteiger partial charge in [0.05, 0.1) is 0 Å². The minimum absolute atomic E-state index is 0.0803. The average Bonchev–Trinajstić information content (AvgIpc) is 2.38. The minimum Gasteiger partial charge on any atom is -0.314 e. The topological polar surface area (TPSA) is 15.3 Å². The van der Waals surface area contributed by atoms with E-state index in [9.17, 15) is 8.78 Å². The van der Waals surface area contributed by atoms with Gasteiger partial charge in [-0.1, -0.05) is 29.8 Å². The molecule has 0 amide bonds. The van der Waals surface area contributed by atoms with Crippen LogP contribution in [-0.4, -0.2) is 37.5 Å². The standard InChI is InChI=1S/C14H20F2N2/c1-11-2-4-12(5-3-11)13(10-14(15)16)18-8-6-17-7-9-18/h2-5,13-14,17H,6-10H2,1H3/t13-/m1/s1. The normalized spacial score (nSPS) is 19.1. The van der Waals surface area contributed by atoms with Gasteiger partial charge in [-0.15, -0.1) is 0 Å². The van der Waals surface area contributed by atoms with Crippen molar-refractivity contribution in [1.82, 2.24) is 10.2 Å². The quantitative estimate of drug-likeness (QED) is 0.888. The number of hydrogen-bond donors (Lipinski definition) is 1. The van der Waals surface area contributed by atoms with E-state index in [4.69, 9.17) is 0 Å². The molecule has 1 aromatic carbocycles. The van der Waals surface area contributed by atoms with Gasteiger partial charge in [0.1, 0.15) is 0 Å². The summed E-state index contributed by atoms with van der Waals surface area (Å²) in [6.45, 7) is 5.45. The lowest BCUT2D eigenvalue weighted by Crippen LogP contribution is -2.45. The zero-order valence-corrected chi connectivity index (χ0v) is 10.7. The molecule has 2 rings (SSSR count). The van der Waals surface area contributed by atoms with Gasteiger partial charge in [-0.3, -0.25) is 4.90 Å². The summed E-state index contributed by atoms with van der Waals surface area (Å²) >= 11 is 0. The summed E-state index contributed by atoms with van der Waals surface area (Å²) in [5, 5.41) is 3.25. The number of nitrogens with zero attached hydrogens (tertiary/aromatic N) is 1. The van der Waals surface area contributed by atoms with Crippen LogP contribution < -0.4 is 5.32 Å². The first-order valence-electron chi connectivity index (χ1n) is 6.46. The highest BCUT2D eigenvalue weighted by Crippen LogP contribution is 2.27. The summed E-state index contributed by atoms with van der Waals surface area (Å²) in [4.78, 5) is 2.16. The Morgan fingerprint density at radius 2 is 1.78 bits per heavy atom. The van der Waals surface area contributed by atoms with Crippen LogP contribution in [0.4, 0.5) is 8.78 Å². The van der Waals surface area contributed by atoms with Crippen LogP contribution >= 0.6 is 0 Å². The molecule has 0 spiro atoms. The molecule has 1 N–H and O–H groups in total. The van der Waals surface area contributed by atoms with E-state index in [-0.39, 0.29) is 12.5 Å². The molecule has 1 heterocycles. The Bertz CT molecular complexity index is 359. The Labute approximate surface area is 107 Å². The van der Waals surface area contributed by atoms with Crippen LogP contribution in [0.5, 0.6) is 0 Å². The molecule has 100 valence electrons. The van der Waals surface area contributed by atoms with E-state index in [2.05, 4.69) is 10.2 Å². The van der Waals surface area contributed by atoms with Gasteiger partial charge < -0.3 is 5.32 Å². The summed E-state index contributed by atoms with van der Waals surface area (Å²) < 4.78 is 25.5. The van der Waals surface area contributed by atoms with Crippen molar-refractivity contribution in [2.24, 2.45) is 0 Å². The molecule has 0 radical (unpaired) electrons. The van der Waals surface area contributed by atoms with Crippen molar-refractivity contribution in [1.29, 1.82) is 0 Å². The van der Waals surface area contributed by atoms with E-state index >= 15 is 0 Å². The summed E-state index contributed by atoms with van der Waals surface area (Å²) in [6, 6.07) is 7.79. The van der Waals surface area contributed by atoms with Gasteiger partial charge in [-0.25, -0.2) is 8.78 Å². The maximum Gasteiger partial charge on any atom is 0.240 e. The van der Waals surface area contributed by atoms with E-state index in [0.717, 1.165) is 37.3 Å². The predicted octanol–water partition coefficient (Wildman–Crippen LogP) is 2.60. The van der Waals surface area contributed by atoms with Crippen LogP contribution in [0, 0.1) is 6.92 Å². The molecule has 0 bridgehead atoms. The lowest BCUT2D eigenvalue weighted by molar-refractivity contribution is 0.0739. The largest absolute Gasteiger partial charge is 0.314 e. The van der Waals surface area contributed by atoms with Crippen molar-refractivity contribution in [3.63, 3.8) is 0 Å². The lowest BCUT2D eigenvalue weighted by atomic mass is 10.00. The highest BCUT2D eigenvalue weighted by molar-refractivity contribution is 5.24. The van der Waals surface area contributed by atoms with Crippen LogP contribution in [0.3, 0.4) is 0 Å². The molecule has 1 fully saturated rings. The highest BCUT2D eigenvalue weighted by atomic mass is 19.3. The second-order valence-corrected chi connectivity index (χ2v) is 4.84. The number of aryl methyl sites for hydroxylation is 1. The van der Waals surface area contributed by atoms with Crippen molar-refractivity contribution in [2.45, 2.75) is 25.8 Å².